The standard InChI is InChI=1S/C18H18ClNO3S/c1-13(24-16-9-7-15(19)8-10-16)18(22)23-12-17(21)20-11-14-5-3-2-4-6-14/h2-10,13H,11-12H2,1H3,(H,20,21)/t13-/m1/s1. The first-order valence-electron chi connectivity index (χ1n) is 7.44. The van der Waals surface area contributed by atoms with E-state index in [0.717, 1.165) is 10.5 Å². The van der Waals surface area contributed by atoms with Crippen molar-refractivity contribution in [3.05, 3.63) is 65.2 Å². The van der Waals surface area contributed by atoms with Crippen molar-refractivity contribution in [2.75, 3.05) is 6.61 Å². The monoisotopic (exact) mass is 363 g/mol. The molecule has 2 aromatic carbocycles. The van der Waals surface area contributed by atoms with Crippen LogP contribution in [0, 0.1) is 0 Å². The first-order chi connectivity index (χ1) is 11.5. The van der Waals surface area contributed by atoms with E-state index in [1.807, 2.05) is 42.5 Å². The first kappa shape index (κ1) is 18.4. The SMILES string of the molecule is C[C@@H](Sc1ccc(Cl)cc1)C(=O)OCC(=O)NCc1ccccc1. The van der Waals surface area contributed by atoms with Crippen LogP contribution < -0.4 is 5.32 Å². The molecule has 0 unspecified atom stereocenters. The zero-order valence-corrected chi connectivity index (χ0v) is 14.8. The van der Waals surface area contributed by atoms with Crippen molar-refractivity contribution in [3.8, 4) is 0 Å². The van der Waals surface area contributed by atoms with E-state index in [1.54, 1.807) is 19.1 Å². The number of thioether (sulfide) groups is 1. The average Bonchev–Trinajstić information content (AvgIpc) is 2.60. The molecular weight excluding hydrogens is 346 g/mol. The molecule has 6 heteroatoms. The summed E-state index contributed by atoms with van der Waals surface area (Å²) >= 11 is 7.18. The summed E-state index contributed by atoms with van der Waals surface area (Å²) in [4.78, 5) is 24.6. The van der Waals surface area contributed by atoms with Gasteiger partial charge in [0.1, 0.15) is 5.25 Å². The van der Waals surface area contributed by atoms with Crippen LogP contribution in [0.1, 0.15) is 12.5 Å². The number of esters is 1. The molecule has 0 bridgehead atoms. The van der Waals surface area contributed by atoms with Gasteiger partial charge in [-0.15, -0.1) is 11.8 Å². The molecule has 4 nitrogen and oxygen atoms in total. The quantitative estimate of drug-likeness (QED) is 0.602. The highest BCUT2D eigenvalue weighted by molar-refractivity contribution is 8.00. The molecule has 0 aromatic heterocycles. The van der Waals surface area contributed by atoms with Crippen LogP contribution >= 0.6 is 23.4 Å². The number of rotatable bonds is 7. The summed E-state index contributed by atoms with van der Waals surface area (Å²) in [5.74, 6) is -0.749. The van der Waals surface area contributed by atoms with E-state index in [2.05, 4.69) is 5.32 Å². The van der Waals surface area contributed by atoms with Gasteiger partial charge in [-0.2, -0.15) is 0 Å². The van der Waals surface area contributed by atoms with Gasteiger partial charge in [-0.3, -0.25) is 9.59 Å². The summed E-state index contributed by atoms with van der Waals surface area (Å²) in [5.41, 5.74) is 0.990. The van der Waals surface area contributed by atoms with Crippen LogP contribution in [0.4, 0.5) is 0 Å². The highest BCUT2D eigenvalue weighted by Crippen LogP contribution is 2.25. The Balaban J connectivity index is 1.71. The molecule has 0 spiro atoms. The maximum Gasteiger partial charge on any atom is 0.319 e. The summed E-state index contributed by atoms with van der Waals surface area (Å²) in [6.45, 7) is 1.87. The molecule has 0 aliphatic carbocycles. The molecule has 2 rings (SSSR count). The van der Waals surface area contributed by atoms with Gasteiger partial charge in [0.05, 0.1) is 0 Å². The van der Waals surface area contributed by atoms with Crippen LogP contribution in [0.15, 0.2) is 59.5 Å². The molecule has 1 amide bonds. The summed E-state index contributed by atoms with van der Waals surface area (Å²) in [6.07, 6.45) is 0. The molecule has 0 radical (unpaired) electrons. The lowest BCUT2D eigenvalue weighted by atomic mass is 10.2. The number of benzene rings is 2. The maximum atomic E-state index is 11.9. The molecule has 0 saturated heterocycles. The minimum absolute atomic E-state index is 0.281. The molecule has 0 saturated carbocycles. The van der Waals surface area contributed by atoms with Crippen molar-refractivity contribution < 1.29 is 14.3 Å². The third kappa shape index (κ3) is 6.26. The minimum atomic E-state index is -0.426. The molecule has 0 heterocycles. The fourth-order valence-corrected chi connectivity index (χ4v) is 2.86. The number of nitrogens with one attached hydrogen (secondary N) is 1. The molecule has 1 atom stereocenters. The fraction of sp³-hybridized carbons (Fsp3) is 0.222. The number of hydrogen-bond donors (Lipinski definition) is 1. The van der Waals surface area contributed by atoms with Crippen molar-refractivity contribution in [2.45, 2.75) is 23.6 Å². The van der Waals surface area contributed by atoms with Gasteiger partial charge >= 0.3 is 5.97 Å². The Kier molecular flexibility index (Phi) is 7.15. The van der Waals surface area contributed by atoms with E-state index in [4.69, 9.17) is 16.3 Å². The lowest BCUT2D eigenvalue weighted by molar-refractivity contribution is -0.147. The molecular formula is C18H18ClNO3S. The van der Waals surface area contributed by atoms with Crippen LogP contribution in [0.2, 0.25) is 5.02 Å². The van der Waals surface area contributed by atoms with Crippen molar-refractivity contribution in [2.24, 2.45) is 0 Å². The second kappa shape index (κ2) is 9.35. The molecule has 1 N–H and O–H groups in total. The van der Waals surface area contributed by atoms with Gasteiger partial charge < -0.3 is 10.1 Å². The number of halogens is 1. The molecule has 24 heavy (non-hydrogen) atoms. The molecule has 2 aromatic rings. The second-order valence-electron chi connectivity index (χ2n) is 5.08. The summed E-state index contributed by atoms with van der Waals surface area (Å²) in [7, 11) is 0. The Morgan fingerprint density at radius 3 is 2.46 bits per heavy atom. The van der Waals surface area contributed by atoms with E-state index in [1.165, 1.54) is 11.8 Å². The van der Waals surface area contributed by atoms with Gasteiger partial charge in [-0.25, -0.2) is 0 Å². The number of ether oxygens (including phenoxy) is 1. The highest BCUT2D eigenvalue weighted by atomic mass is 35.5. The predicted octanol–water partition coefficient (Wildman–Crippen LogP) is 3.68. The van der Waals surface area contributed by atoms with Gasteiger partial charge in [0, 0.05) is 16.5 Å². The molecule has 0 fully saturated rings. The Morgan fingerprint density at radius 2 is 1.79 bits per heavy atom. The van der Waals surface area contributed by atoms with E-state index >= 15 is 0 Å². The Morgan fingerprint density at radius 1 is 1.12 bits per heavy atom. The first-order valence-corrected chi connectivity index (χ1v) is 8.70. The van der Waals surface area contributed by atoms with Crippen LogP contribution in [-0.2, 0) is 20.9 Å². The van der Waals surface area contributed by atoms with Crippen LogP contribution in [0.25, 0.3) is 0 Å². The van der Waals surface area contributed by atoms with E-state index in [-0.39, 0.29) is 12.5 Å². The lowest BCUT2D eigenvalue weighted by Crippen LogP contribution is -2.30. The van der Waals surface area contributed by atoms with Crippen molar-refractivity contribution in [1.82, 2.24) is 5.32 Å². The number of carbonyl (C=O) groups excluding carboxylic acids is 2. The fourth-order valence-electron chi connectivity index (χ4n) is 1.87. The predicted molar refractivity (Wildman–Crippen MR) is 96.0 cm³/mol. The average molecular weight is 364 g/mol. The zero-order chi connectivity index (χ0) is 17.4. The van der Waals surface area contributed by atoms with Crippen molar-refractivity contribution in [1.29, 1.82) is 0 Å². The van der Waals surface area contributed by atoms with Crippen LogP contribution in [0.3, 0.4) is 0 Å². The third-order valence-corrected chi connectivity index (χ3v) is 4.48. The topological polar surface area (TPSA) is 55.4 Å². The number of carbonyl (C=O) groups is 2. The third-order valence-electron chi connectivity index (χ3n) is 3.14. The molecule has 0 aliphatic rings. The van der Waals surface area contributed by atoms with Crippen molar-refractivity contribution >= 4 is 35.2 Å². The van der Waals surface area contributed by atoms with Gasteiger partial charge in [-0.1, -0.05) is 41.9 Å². The minimum Gasteiger partial charge on any atom is -0.455 e. The zero-order valence-electron chi connectivity index (χ0n) is 13.2. The van der Waals surface area contributed by atoms with Gasteiger partial charge in [0.25, 0.3) is 5.91 Å². The van der Waals surface area contributed by atoms with Crippen LogP contribution in [0.5, 0.6) is 0 Å². The van der Waals surface area contributed by atoms with E-state index in [9.17, 15) is 9.59 Å². The lowest BCUT2D eigenvalue weighted by Gasteiger charge is -2.11. The van der Waals surface area contributed by atoms with Gasteiger partial charge in [0.2, 0.25) is 0 Å². The Labute approximate surface area is 150 Å². The maximum absolute atomic E-state index is 11.9. The van der Waals surface area contributed by atoms with Gasteiger partial charge in [-0.05, 0) is 36.8 Å². The van der Waals surface area contributed by atoms with Crippen LogP contribution in [-0.4, -0.2) is 23.7 Å². The summed E-state index contributed by atoms with van der Waals surface area (Å²) in [5, 5.41) is 2.95. The molecule has 126 valence electrons. The van der Waals surface area contributed by atoms with Gasteiger partial charge in [0.15, 0.2) is 6.61 Å². The van der Waals surface area contributed by atoms with E-state index in [0.29, 0.717) is 11.6 Å². The second-order valence-corrected chi connectivity index (χ2v) is 6.93. The van der Waals surface area contributed by atoms with E-state index < -0.39 is 11.2 Å². The molecule has 0 aliphatic heterocycles. The Bertz CT molecular complexity index is 676. The summed E-state index contributed by atoms with van der Waals surface area (Å²) < 4.78 is 5.05. The normalized spacial score (nSPS) is 11.6. The highest BCUT2D eigenvalue weighted by Gasteiger charge is 2.17. The number of hydrogen-bond acceptors (Lipinski definition) is 4. The smallest absolute Gasteiger partial charge is 0.319 e. The summed E-state index contributed by atoms with van der Waals surface area (Å²) in [6, 6.07) is 16.7. The van der Waals surface area contributed by atoms with Crippen molar-refractivity contribution in [3.63, 3.8) is 0 Å². The largest absolute Gasteiger partial charge is 0.455 e. The Hall–Kier alpha value is -1.98. The number of amides is 1.